The van der Waals surface area contributed by atoms with Gasteiger partial charge in [0.1, 0.15) is 6.04 Å². The Labute approximate surface area is 152 Å². The van der Waals surface area contributed by atoms with Crippen molar-refractivity contribution in [3.8, 4) is 0 Å². The summed E-state index contributed by atoms with van der Waals surface area (Å²) in [5.41, 5.74) is 1.44. The number of nitrogens with one attached hydrogen (secondary N) is 1. The van der Waals surface area contributed by atoms with Crippen molar-refractivity contribution in [1.29, 1.82) is 0 Å². The van der Waals surface area contributed by atoms with Gasteiger partial charge in [0.05, 0.1) is 6.54 Å². The molecular formula is C18H24N5OS+. The molecule has 6 nitrogen and oxygen atoms in total. The van der Waals surface area contributed by atoms with E-state index in [1.54, 1.807) is 12.4 Å². The maximum Gasteiger partial charge on any atom is 0.277 e. The molecule has 2 aliphatic heterocycles. The van der Waals surface area contributed by atoms with Crippen LogP contribution in [0.3, 0.4) is 0 Å². The molecule has 2 aromatic rings. The Morgan fingerprint density at radius 2 is 2.04 bits per heavy atom. The van der Waals surface area contributed by atoms with Crippen molar-refractivity contribution in [2.45, 2.75) is 19.4 Å². The molecule has 1 amide bonds. The molecule has 1 N–H and O–H groups in total. The van der Waals surface area contributed by atoms with Crippen molar-refractivity contribution in [2.75, 3.05) is 44.2 Å². The molecule has 2 aliphatic rings. The van der Waals surface area contributed by atoms with E-state index in [-0.39, 0.29) is 5.91 Å². The average molecular weight is 358 g/mol. The van der Waals surface area contributed by atoms with Gasteiger partial charge in [0, 0.05) is 55.4 Å². The molecule has 4 rings (SSSR count). The van der Waals surface area contributed by atoms with E-state index in [0.29, 0.717) is 12.6 Å². The smallest absolute Gasteiger partial charge is 0.277 e. The summed E-state index contributed by atoms with van der Waals surface area (Å²) in [6.07, 6.45) is 4.62. The van der Waals surface area contributed by atoms with Gasteiger partial charge in [0.15, 0.2) is 6.54 Å². The molecule has 132 valence electrons. The van der Waals surface area contributed by atoms with Crippen LogP contribution in [0, 0.1) is 0 Å². The Hall–Kier alpha value is -1.99. The Morgan fingerprint density at radius 3 is 2.80 bits per heavy atom. The van der Waals surface area contributed by atoms with Crippen LogP contribution < -0.4 is 9.80 Å². The summed E-state index contributed by atoms with van der Waals surface area (Å²) in [4.78, 5) is 28.4. The maximum atomic E-state index is 12.8. The largest absolute Gasteiger partial charge is 0.337 e. The number of piperazine rings is 1. The number of amides is 1. The van der Waals surface area contributed by atoms with Gasteiger partial charge in [-0.15, -0.1) is 11.3 Å². The second-order valence-corrected chi connectivity index (χ2v) is 7.77. The second-order valence-electron chi connectivity index (χ2n) is 6.77. The number of carbonyl (C=O) groups excluding carboxylic acids is 1. The van der Waals surface area contributed by atoms with E-state index in [0.717, 1.165) is 45.1 Å². The van der Waals surface area contributed by atoms with Gasteiger partial charge < -0.3 is 14.7 Å². The third-order valence-corrected chi connectivity index (χ3v) is 6.37. The molecule has 1 saturated heterocycles. The quantitative estimate of drug-likeness (QED) is 0.862. The molecule has 25 heavy (non-hydrogen) atoms. The highest BCUT2D eigenvalue weighted by Crippen LogP contribution is 2.24. The minimum absolute atomic E-state index is 0.272. The topological polar surface area (TPSA) is 53.8 Å². The molecule has 0 spiro atoms. The highest BCUT2D eigenvalue weighted by molar-refractivity contribution is 7.10. The molecule has 4 heterocycles. The Bertz CT molecular complexity index is 726. The van der Waals surface area contributed by atoms with Gasteiger partial charge >= 0.3 is 0 Å². The summed E-state index contributed by atoms with van der Waals surface area (Å²) in [6, 6.07) is 4.47. The van der Waals surface area contributed by atoms with Crippen molar-refractivity contribution in [1.82, 2.24) is 14.9 Å². The van der Waals surface area contributed by atoms with E-state index in [1.165, 1.54) is 15.3 Å². The van der Waals surface area contributed by atoms with E-state index in [4.69, 9.17) is 0 Å². The lowest BCUT2D eigenvalue weighted by Gasteiger charge is -2.36. The van der Waals surface area contributed by atoms with Gasteiger partial charge in [-0.25, -0.2) is 9.97 Å². The minimum Gasteiger partial charge on any atom is -0.337 e. The zero-order valence-electron chi connectivity index (χ0n) is 14.5. The molecular weight excluding hydrogens is 334 g/mol. The number of fused-ring (bicyclic) bond motifs is 1. The van der Waals surface area contributed by atoms with E-state index in [2.05, 4.69) is 33.2 Å². The summed E-state index contributed by atoms with van der Waals surface area (Å²) >= 11 is 1.85. The van der Waals surface area contributed by atoms with Crippen LogP contribution in [0.4, 0.5) is 5.95 Å². The first kappa shape index (κ1) is 16.5. The fraction of sp³-hybridized carbons (Fsp3) is 0.500. The number of hydrogen-bond donors (Lipinski definition) is 1. The number of carbonyl (C=O) groups is 1. The number of thiophene rings is 1. The molecule has 2 atom stereocenters. The highest BCUT2D eigenvalue weighted by Gasteiger charge is 2.32. The second kappa shape index (κ2) is 7.09. The molecule has 0 aromatic carbocycles. The van der Waals surface area contributed by atoms with Crippen LogP contribution >= 0.6 is 11.3 Å². The van der Waals surface area contributed by atoms with Gasteiger partial charge in [-0.2, -0.15) is 0 Å². The van der Waals surface area contributed by atoms with Crippen molar-refractivity contribution in [3.63, 3.8) is 0 Å². The summed E-state index contributed by atoms with van der Waals surface area (Å²) in [6.45, 7) is 7.00. The fourth-order valence-electron chi connectivity index (χ4n) is 3.81. The first-order chi connectivity index (χ1) is 12.2. The van der Waals surface area contributed by atoms with E-state index in [1.807, 2.05) is 22.3 Å². The molecule has 0 saturated carbocycles. The molecule has 0 bridgehead atoms. The van der Waals surface area contributed by atoms with Crippen LogP contribution in [0.2, 0.25) is 0 Å². The van der Waals surface area contributed by atoms with Crippen LogP contribution in [0.15, 0.2) is 29.9 Å². The van der Waals surface area contributed by atoms with E-state index in [9.17, 15) is 4.79 Å². The lowest BCUT2D eigenvalue weighted by Crippen LogP contribution is -3.14. The predicted molar refractivity (Wildman–Crippen MR) is 98.0 cm³/mol. The van der Waals surface area contributed by atoms with Gasteiger partial charge in [-0.3, -0.25) is 4.79 Å². The summed E-state index contributed by atoms with van der Waals surface area (Å²) in [5, 5.41) is 2.18. The first-order valence-corrected chi connectivity index (χ1v) is 9.81. The number of quaternary nitrogens is 1. The fourth-order valence-corrected chi connectivity index (χ4v) is 4.79. The summed E-state index contributed by atoms with van der Waals surface area (Å²) < 4.78 is 0. The SMILES string of the molecule is C[C@H]1c2ccsc2CC[NH+]1CC(=O)N1CCN(c2ncccn2)CC1. The Kier molecular flexibility index (Phi) is 4.67. The summed E-state index contributed by atoms with van der Waals surface area (Å²) in [7, 11) is 0. The number of nitrogens with zero attached hydrogens (tertiary/aromatic N) is 4. The monoisotopic (exact) mass is 358 g/mol. The zero-order valence-corrected chi connectivity index (χ0v) is 15.3. The lowest BCUT2D eigenvalue weighted by molar-refractivity contribution is -0.924. The maximum absolute atomic E-state index is 12.8. The lowest BCUT2D eigenvalue weighted by atomic mass is 10.0. The van der Waals surface area contributed by atoms with Crippen molar-refractivity contribution in [3.05, 3.63) is 40.3 Å². The van der Waals surface area contributed by atoms with Crippen molar-refractivity contribution < 1.29 is 9.69 Å². The van der Waals surface area contributed by atoms with Crippen molar-refractivity contribution in [2.24, 2.45) is 0 Å². The zero-order chi connectivity index (χ0) is 17.2. The van der Waals surface area contributed by atoms with Crippen LogP contribution in [0.25, 0.3) is 0 Å². The highest BCUT2D eigenvalue weighted by atomic mass is 32.1. The molecule has 7 heteroatoms. The Morgan fingerprint density at radius 1 is 1.28 bits per heavy atom. The third-order valence-electron chi connectivity index (χ3n) is 5.38. The van der Waals surface area contributed by atoms with Crippen LogP contribution in [-0.4, -0.2) is 60.0 Å². The van der Waals surface area contributed by atoms with E-state index < -0.39 is 0 Å². The van der Waals surface area contributed by atoms with Gasteiger partial charge in [0.2, 0.25) is 5.95 Å². The van der Waals surface area contributed by atoms with Crippen LogP contribution in [0.1, 0.15) is 23.4 Å². The standard InChI is InChI=1S/C18H23N5OS/c1-14-15-4-12-25-16(15)3-7-23(14)13-17(24)21-8-10-22(11-9-21)18-19-5-2-6-20-18/h2,4-6,12,14H,3,7-11,13H2,1H3/p+1/t14-/m0/s1. The number of anilines is 1. The van der Waals surface area contributed by atoms with Crippen LogP contribution in [-0.2, 0) is 11.2 Å². The van der Waals surface area contributed by atoms with Crippen molar-refractivity contribution >= 4 is 23.2 Å². The minimum atomic E-state index is 0.272. The molecule has 1 fully saturated rings. The molecule has 1 unspecified atom stereocenters. The van der Waals surface area contributed by atoms with E-state index >= 15 is 0 Å². The molecule has 0 radical (unpaired) electrons. The van der Waals surface area contributed by atoms with Crippen LogP contribution in [0.5, 0.6) is 0 Å². The van der Waals surface area contributed by atoms with Gasteiger partial charge in [-0.05, 0) is 24.4 Å². The average Bonchev–Trinajstić information content (AvgIpc) is 3.14. The third kappa shape index (κ3) is 3.39. The van der Waals surface area contributed by atoms with Gasteiger partial charge in [0.25, 0.3) is 5.91 Å². The molecule has 0 aliphatic carbocycles. The van der Waals surface area contributed by atoms with Gasteiger partial charge in [-0.1, -0.05) is 0 Å². The Balaban J connectivity index is 1.32. The number of rotatable bonds is 3. The molecule has 2 aromatic heterocycles. The normalized spacial score (nSPS) is 23.4. The predicted octanol–water partition coefficient (Wildman–Crippen LogP) is 0.389. The number of hydrogen-bond acceptors (Lipinski definition) is 5. The number of aromatic nitrogens is 2. The first-order valence-electron chi connectivity index (χ1n) is 8.93. The summed E-state index contributed by atoms with van der Waals surface area (Å²) in [5.74, 6) is 1.03.